The van der Waals surface area contributed by atoms with Gasteiger partial charge in [0.05, 0.1) is 0 Å². The summed E-state index contributed by atoms with van der Waals surface area (Å²) >= 11 is 0. The van der Waals surface area contributed by atoms with Crippen molar-refractivity contribution in [1.29, 1.82) is 0 Å². The molecular weight excluding hydrogens is 176 g/mol. The Balaban J connectivity index is 0.000000226. The topological polar surface area (TPSA) is 9.23 Å². The van der Waals surface area contributed by atoms with Crippen molar-refractivity contribution in [2.45, 2.75) is 51.6 Å². The van der Waals surface area contributed by atoms with Crippen LogP contribution in [0.25, 0.3) is 0 Å². The Kier molecular flexibility index (Phi) is 9.94. The maximum atomic E-state index is 5.42. The minimum Gasteiger partial charge on any atom is -0.420 e. The lowest BCUT2D eigenvalue weighted by atomic mass is 10.3. The summed E-state index contributed by atoms with van der Waals surface area (Å²) in [5.74, 6) is 0. The van der Waals surface area contributed by atoms with Gasteiger partial charge in [-0.1, -0.05) is 32.3 Å². The van der Waals surface area contributed by atoms with Gasteiger partial charge in [0, 0.05) is 6.61 Å². The van der Waals surface area contributed by atoms with Crippen LogP contribution in [-0.4, -0.2) is 15.6 Å². The molecule has 0 aromatic carbocycles. The summed E-state index contributed by atoms with van der Waals surface area (Å²) in [4.78, 5) is 0. The van der Waals surface area contributed by atoms with Gasteiger partial charge in [-0.3, -0.25) is 0 Å². The van der Waals surface area contributed by atoms with E-state index in [1.807, 2.05) is 6.08 Å². The second-order valence-electron chi connectivity index (χ2n) is 3.61. The van der Waals surface area contributed by atoms with Gasteiger partial charge in [0.15, 0.2) is 9.04 Å². The Morgan fingerprint density at radius 3 is 2.46 bits per heavy atom. The Hall–Kier alpha value is -0.0831. The molecule has 0 spiro atoms. The maximum Gasteiger partial charge on any atom is 0.173 e. The molecule has 1 rings (SSSR count). The van der Waals surface area contributed by atoms with E-state index in [9.17, 15) is 0 Å². The summed E-state index contributed by atoms with van der Waals surface area (Å²) in [5, 5.41) is 0. The van der Waals surface area contributed by atoms with Crippen LogP contribution in [0.5, 0.6) is 0 Å². The van der Waals surface area contributed by atoms with Crippen molar-refractivity contribution in [3.05, 3.63) is 12.7 Å². The summed E-state index contributed by atoms with van der Waals surface area (Å²) in [7, 11) is -0.595. The number of hydrogen-bond donors (Lipinski definition) is 0. The van der Waals surface area contributed by atoms with Crippen LogP contribution in [0.15, 0.2) is 12.7 Å². The van der Waals surface area contributed by atoms with Crippen LogP contribution in [0.3, 0.4) is 0 Å². The first-order valence-electron chi connectivity index (χ1n) is 5.53. The molecule has 0 radical (unpaired) electrons. The van der Waals surface area contributed by atoms with E-state index in [-0.39, 0.29) is 0 Å². The monoisotopic (exact) mass is 200 g/mol. The molecule has 0 aliphatic carbocycles. The van der Waals surface area contributed by atoms with Crippen molar-refractivity contribution < 1.29 is 4.43 Å². The second-order valence-corrected chi connectivity index (χ2v) is 6.14. The largest absolute Gasteiger partial charge is 0.420 e. The van der Waals surface area contributed by atoms with E-state index in [1.165, 1.54) is 38.1 Å². The minimum atomic E-state index is -0.595. The van der Waals surface area contributed by atoms with Gasteiger partial charge in [0.2, 0.25) is 0 Å². The highest BCUT2D eigenvalue weighted by Gasteiger charge is 2.08. The van der Waals surface area contributed by atoms with Crippen molar-refractivity contribution in [1.82, 2.24) is 0 Å². The molecule has 1 nitrogen and oxygen atoms in total. The van der Waals surface area contributed by atoms with Gasteiger partial charge < -0.3 is 4.43 Å². The average Bonchev–Trinajstić information content (AvgIpc) is 2.17. The molecule has 13 heavy (non-hydrogen) atoms. The first-order chi connectivity index (χ1) is 6.31. The van der Waals surface area contributed by atoms with Gasteiger partial charge in [0.1, 0.15) is 0 Å². The van der Waals surface area contributed by atoms with Gasteiger partial charge >= 0.3 is 0 Å². The first-order valence-corrected chi connectivity index (χ1v) is 7.98. The van der Waals surface area contributed by atoms with Crippen molar-refractivity contribution in [3.8, 4) is 0 Å². The number of hydrogen-bond acceptors (Lipinski definition) is 1. The van der Waals surface area contributed by atoms with Crippen molar-refractivity contribution in [2.75, 3.05) is 6.61 Å². The van der Waals surface area contributed by atoms with Crippen LogP contribution in [0, 0.1) is 0 Å². The molecule has 1 aliphatic heterocycles. The normalized spacial score (nSPS) is 21.5. The molecule has 1 unspecified atom stereocenters. The van der Waals surface area contributed by atoms with Crippen LogP contribution in [0.1, 0.15) is 39.0 Å². The number of rotatable bonds is 3. The molecule has 0 amide bonds. The Bertz CT molecular complexity index is 109. The fraction of sp³-hybridized carbons (Fsp3) is 0.818. The highest BCUT2D eigenvalue weighted by Crippen LogP contribution is 2.09. The highest BCUT2D eigenvalue weighted by molar-refractivity contribution is 6.50. The Morgan fingerprint density at radius 2 is 2.23 bits per heavy atom. The van der Waals surface area contributed by atoms with E-state index in [0.717, 1.165) is 6.61 Å². The summed E-state index contributed by atoms with van der Waals surface area (Å²) in [6.45, 7) is 9.11. The van der Waals surface area contributed by atoms with E-state index >= 15 is 0 Å². The van der Waals surface area contributed by atoms with E-state index in [4.69, 9.17) is 4.43 Å². The molecule has 1 fully saturated rings. The third kappa shape index (κ3) is 9.83. The third-order valence-electron chi connectivity index (χ3n) is 2.17. The maximum absolute atomic E-state index is 5.42. The lowest BCUT2D eigenvalue weighted by Crippen LogP contribution is -2.18. The average molecular weight is 200 g/mol. The molecule has 0 bridgehead atoms. The number of unbranched alkanes of at least 4 members (excludes halogenated alkanes) is 2. The summed E-state index contributed by atoms with van der Waals surface area (Å²) in [6, 6.07) is 1.40. The molecule has 1 heterocycles. The predicted molar refractivity (Wildman–Crippen MR) is 62.7 cm³/mol. The fourth-order valence-electron chi connectivity index (χ4n) is 1.25. The zero-order chi connectivity index (χ0) is 9.94. The molecule has 1 aliphatic rings. The van der Waals surface area contributed by atoms with E-state index in [2.05, 4.69) is 20.0 Å². The quantitative estimate of drug-likeness (QED) is 0.385. The van der Waals surface area contributed by atoms with Crippen LogP contribution in [0.2, 0.25) is 12.6 Å². The van der Waals surface area contributed by atoms with E-state index < -0.39 is 9.04 Å². The molecule has 0 N–H and O–H groups in total. The fourth-order valence-corrected chi connectivity index (χ4v) is 2.85. The van der Waals surface area contributed by atoms with Crippen molar-refractivity contribution in [2.24, 2.45) is 0 Å². The predicted octanol–water partition coefficient (Wildman–Crippen LogP) is 3.51. The van der Waals surface area contributed by atoms with Gasteiger partial charge in [-0.25, -0.2) is 0 Å². The molecule has 78 valence electrons. The van der Waals surface area contributed by atoms with Crippen LogP contribution >= 0.6 is 0 Å². The molecular formula is C11H24OSi. The van der Waals surface area contributed by atoms with Gasteiger partial charge in [0.25, 0.3) is 0 Å². The van der Waals surface area contributed by atoms with Crippen LogP contribution in [-0.2, 0) is 4.43 Å². The smallest absolute Gasteiger partial charge is 0.173 e. The minimum absolute atomic E-state index is 0.595. The molecule has 1 atom stereocenters. The van der Waals surface area contributed by atoms with Gasteiger partial charge in [-0.05, 0) is 25.4 Å². The van der Waals surface area contributed by atoms with E-state index in [1.54, 1.807) is 0 Å². The molecule has 0 saturated carbocycles. The van der Waals surface area contributed by atoms with Gasteiger partial charge in [-0.2, -0.15) is 0 Å². The number of allylic oxidation sites excluding steroid dienone is 1. The van der Waals surface area contributed by atoms with Crippen LogP contribution in [0.4, 0.5) is 0 Å². The third-order valence-corrected chi connectivity index (χ3v) is 4.20. The summed E-state index contributed by atoms with van der Waals surface area (Å²) in [5.41, 5.74) is 0. The van der Waals surface area contributed by atoms with E-state index in [0.29, 0.717) is 0 Å². The second kappa shape index (κ2) is 10.0. The molecule has 0 aromatic heterocycles. The Morgan fingerprint density at radius 1 is 1.46 bits per heavy atom. The zero-order valence-electron chi connectivity index (χ0n) is 9.22. The van der Waals surface area contributed by atoms with Crippen molar-refractivity contribution >= 4 is 9.04 Å². The summed E-state index contributed by atoms with van der Waals surface area (Å²) in [6.07, 6.45) is 8.44. The van der Waals surface area contributed by atoms with Crippen LogP contribution < -0.4 is 0 Å². The zero-order valence-corrected chi connectivity index (χ0v) is 10.4. The SMILES string of the molecule is C=CCCCC.C[SiH]1CCCCO1. The van der Waals surface area contributed by atoms with Gasteiger partial charge in [-0.15, -0.1) is 6.58 Å². The summed E-state index contributed by atoms with van der Waals surface area (Å²) < 4.78 is 5.42. The molecule has 2 heteroatoms. The van der Waals surface area contributed by atoms with Crippen molar-refractivity contribution in [3.63, 3.8) is 0 Å². The molecule has 0 aromatic rings. The Labute approximate surface area is 84.9 Å². The highest BCUT2D eigenvalue weighted by atomic mass is 28.3. The first kappa shape index (κ1) is 12.9. The lowest BCUT2D eigenvalue weighted by Gasteiger charge is -2.16. The molecule has 1 saturated heterocycles. The standard InChI is InChI=1S/C6H12.C5H12OSi/c1-3-5-6-4-2;1-7-5-3-2-4-6-7/h3H,1,4-6H2,2H3;7H,2-5H2,1H3. The lowest BCUT2D eigenvalue weighted by molar-refractivity contribution is 0.291.